The molecule has 126 valence electrons. The zero-order valence-corrected chi connectivity index (χ0v) is 14.8. The van der Waals surface area contributed by atoms with Crippen molar-refractivity contribution in [3.05, 3.63) is 20.9 Å². The Bertz CT molecular complexity index is 719. The quantitative estimate of drug-likeness (QED) is 0.696. The average molecular weight is 341 g/mol. The highest BCUT2D eigenvalue weighted by molar-refractivity contribution is 7.12. The van der Waals surface area contributed by atoms with Crippen LogP contribution in [0.5, 0.6) is 0 Å². The van der Waals surface area contributed by atoms with Crippen LogP contribution in [0.1, 0.15) is 70.6 Å². The minimum absolute atomic E-state index is 0.0223. The number of ketones is 2. The Labute approximate surface area is 147 Å². The predicted octanol–water partition coefficient (Wildman–Crippen LogP) is 4.27. The highest BCUT2D eigenvalue weighted by Gasteiger charge is 2.34. The number of thiophene rings is 1. The van der Waals surface area contributed by atoms with Gasteiger partial charge < -0.3 is 0 Å². The van der Waals surface area contributed by atoms with Crippen LogP contribution in [-0.4, -0.2) is 11.6 Å². The maximum Gasteiger partial charge on any atom is 0.164 e. The molecule has 0 saturated heterocycles. The lowest BCUT2D eigenvalue weighted by molar-refractivity contribution is -0.119. The molecule has 0 amide bonds. The molecule has 1 heterocycles. The Morgan fingerprint density at radius 1 is 1.17 bits per heavy atom. The van der Waals surface area contributed by atoms with E-state index in [-0.39, 0.29) is 17.6 Å². The molecule has 1 unspecified atom stereocenters. The van der Waals surface area contributed by atoms with E-state index >= 15 is 0 Å². The molecule has 0 aromatic carbocycles. The van der Waals surface area contributed by atoms with Crippen LogP contribution in [0.2, 0.25) is 0 Å². The molecular formula is C20H23NO2S. The highest BCUT2D eigenvalue weighted by atomic mass is 32.1. The van der Waals surface area contributed by atoms with E-state index < -0.39 is 0 Å². The molecule has 0 bridgehead atoms. The first-order valence-electron chi connectivity index (χ1n) is 9.24. The molecule has 0 spiro atoms. The van der Waals surface area contributed by atoms with Crippen LogP contribution in [-0.2, 0) is 24.1 Å². The van der Waals surface area contributed by atoms with E-state index in [0.717, 1.165) is 54.0 Å². The van der Waals surface area contributed by atoms with E-state index in [0.29, 0.717) is 25.0 Å². The zero-order valence-electron chi connectivity index (χ0n) is 14.0. The first-order chi connectivity index (χ1) is 11.7. The fraction of sp³-hybridized carbons (Fsp3) is 0.650. The number of aryl methyl sites for hydroxylation is 1. The van der Waals surface area contributed by atoms with Crippen LogP contribution in [0.25, 0.3) is 0 Å². The van der Waals surface area contributed by atoms with Gasteiger partial charge in [0.05, 0.1) is 12.0 Å². The van der Waals surface area contributed by atoms with Gasteiger partial charge in [0.1, 0.15) is 5.78 Å². The van der Waals surface area contributed by atoms with Crippen LogP contribution in [0.15, 0.2) is 0 Å². The second kappa shape index (κ2) is 6.44. The maximum absolute atomic E-state index is 12.9. The minimum Gasteiger partial charge on any atom is -0.299 e. The molecule has 0 aliphatic heterocycles. The molecule has 3 aliphatic carbocycles. The Morgan fingerprint density at radius 2 is 1.96 bits per heavy atom. The first kappa shape index (κ1) is 16.0. The Hall–Kier alpha value is -1.47. The summed E-state index contributed by atoms with van der Waals surface area (Å²) in [5.74, 6) is 1.53. The number of rotatable bonds is 7. The molecule has 24 heavy (non-hydrogen) atoms. The SMILES string of the molecule is N#CC1CCc2sc(CC(=O)C3CC3)c(C(=O)CCC3CC3)c2C1. The van der Waals surface area contributed by atoms with Gasteiger partial charge in [0.15, 0.2) is 5.78 Å². The molecule has 1 atom stereocenters. The Balaban J connectivity index is 1.61. The summed E-state index contributed by atoms with van der Waals surface area (Å²) in [4.78, 5) is 27.5. The van der Waals surface area contributed by atoms with Gasteiger partial charge in [0.2, 0.25) is 0 Å². The smallest absolute Gasteiger partial charge is 0.164 e. The van der Waals surface area contributed by atoms with Crippen molar-refractivity contribution in [3.8, 4) is 6.07 Å². The van der Waals surface area contributed by atoms with Gasteiger partial charge in [-0.15, -0.1) is 11.3 Å². The molecule has 3 nitrogen and oxygen atoms in total. The summed E-state index contributed by atoms with van der Waals surface area (Å²) in [6.07, 6.45) is 9.06. The lowest BCUT2D eigenvalue weighted by Crippen LogP contribution is -2.15. The van der Waals surface area contributed by atoms with E-state index in [2.05, 4.69) is 6.07 Å². The molecule has 3 aliphatic rings. The minimum atomic E-state index is 0.0223. The summed E-state index contributed by atoms with van der Waals surface area (Å²) in [5.41, 5.74) is 1.95. The first-order valence-corrected chi connectivity index (χ1v) is 10.1. The lowest BCUT2D eigenvalue weighted by atomic mass is 9.85. The van der Waals surface area contributed by atoms with Crippen LogP contribution < -0.4 is 0 Å². The third-order valence-electron chi connectivity index (χ3n) is 5.64. The van der Waals surface area contributed by atoms with Crippen LogP contribution in [0, 0.1) is 29.1 Å². The molecule has 4 heteroatoms. The summed E-state index contributed by atoms with van der Waals surface area (Å²) in [6, 6.07) is 2.38. The number of fused-ring (bicyclic) bond motifs is 1. The summed E-state index contributed by atoms with van der Waals surface area (Å²) >= 11 is 1.68. The second-order valence-corrected chi connectivity index (χ2v) is 8.88. The van der Waals surface area contributed by atoms with Crippen molar-refractivity contribution in [2.75, 3.05) is 0 Å². The predicted molar refractivity (Wildman–Crippen MR) is 93.2 cm³/mol. The van der Waals surface area contributed by atoms with Gasteiger partial charge in [0, 0.05) is 34.1 Å². The molecule has 4 rings (SSSR count). The molecule has 1 aromatic heterocycles. The molecule has 0 N–H and O–H groups in total. The van der Waals surface area contributed by atoms with E-state index in [1.165, 1.54) is 17.7 Å². The summed E-state index contributed by atoms with van der Waals surface area (Å²) in [6.45, 7) is 0. The zero-order chi connectivity index (χ0) is 16.7. The van der Waals surface area contributed by atoms with Gasteiger partial charge in [-0.2, -0.15) is 5.26 Å². The number of hydrogen-bond donors (Lipinski definition) is 0. The van der Waals surface area contributed by atoms with E-state index in [1.807, 2.05) is 0 Å². The van der Waals surface area contributed by atoms with Gasteiger partial charge in [-0.25, -0.2) is 0 Å². The second-order valence-electron chi connectivity index (χ2n) is 7.69. The molecular weight excluding hydrogens is 318 g/mol. The van der Waals surface area contributed by atoms with E-state index in [9.17, 15) is 14.9 Å². The maximum atomic E-state index is 12.9. The Morgan fingerprint density at radius 3 is 2.62 bits per heavy atom. The normalized spacial score (nSPS) is 22.7. The van der Waals surface area contributed by atoms with Gasteiger partial charge >= 0.3 is 0 Å². The van der Waals surface area contributed by atoms with Crippen molar-refractivity contribution in [1.29, 1.82) is 5.26 Å². The summed E-state index contributed by atoms with van der Waals surface area (Å²) < 4.78 is 0. The summed E-state index contributed by atoms with van der Waals surface area (Å²) in [7, 11) is 0. The fourth-order valence-electron chi connectivity index (χ4n) is 3.77. The Kier molecular flexibility index (Phi) is 4.30. The lowest BCUT2D eigenvalue weighted by Gasteiger charge is -2.17. The third kappa shape index (κ3) is 3.32. The largest absolute Gasteiger partial charge is 0.299 e. The number of hydrogen-bond acceptors (Lipinski definition) is 4. The van der Waals surface area contributed by atoms with Gasteiger partial charge in [0.25, 0.3) is 0 Å². The topological polar surface area (TPSA) is 57.9 Å². The number of nitrogens with zero attached hydrogens (tertiary/aromatic N) is 1. The number of nitriles is 1. The summed E-state index contributed by atoms with van der Waals surface area (Å²) in [5, 5.41) is 9.28. The standard InChI is InChI=1S/C20H23NO2S/c21-11-13-4-8-18-15(9-13)20(16(22)7-3-12-1-2-12)19(24-18)10-17(23)14-5-6-14/h12-14H,1-10H2. The third-order valence-corrected chi connectivity index (χ3v) is 6.93. The monoisotopic (exact) mass is 341 g/mol. The number of Topliss-reactive ketones (excluding diaryl/α,β-unsaturated/α-hetero) is 2. The van der Waals surface area contributed by atoms with Gasteiger partial charge in [-0.3, -0.25) is 9.59 Å². The van der Waals surface area contributed by atoms with Crippen molar-refractivity contribution in [3.63, 3.8) is 0 Å². The van der Waals surface area contributed by atoms with Crippen molar-refractivity contribution in [2.45, 2.75) is 64.2 Å². The van der Waals surface area contributed by atoms with Crippen molar-refractivity contribution in [1.82, 2.24) is 0 Å². The highest BCUT2D eigenvalue weighted by Crippen LogP contribution is 2.40. The van der Waals surface area contributed by atoms with Gasteiger partial charge in [-0.05, 0) is 50.0 Å². The fourth-order valence-corrected chi connectivity index (χ4v) is 5.15. The van der Waals surface area contributed by atoms with E-state index in [4.69, 9.17) is 0 Å². The molecule has 1 aromatic rings. The van der Waals surface area contributed by atoms with Gasteiger partial charge in [-0.1, -0.05) is 12.8 Å². The van der Waals surface area contributed by atoms with Crippen LogP contribution in [0.3, 0.4) is 0 Å². The van der Waals surface area contributed by atoms with Crippen LogP contribution >= 0.6 is 11.3 Å². The average Bonchev–Trinajstić information content (AvgIpc) is 3.48. The molecule has 0 radical (unpaired) electrons. The van der Waals surface area contributed by atoms with Crippen LogP contribution in [0.4, 0.5) is 0 Å². The number of carbonyl (C=O) groups excluding carboxylic acids is 2. The molecule has 2 fully saturated rings. The van der Waals surface area contributed by atoms with Crippen molar-refractivity contribution >= 4 is 22.9 Å². The van der Waals surface area contributed by atoms with E-state index in [1.54, 1.807) is 11.3 Å². The van der Waals surface area contributed by atoms with Crippen molar-refractivity contribution < 1.29 is 9.59 Å². The molecule has 2 saturated carbocycles. The van der Waals surface area contributed by atoms with Crippen molar-refractivity contribution in [2.24, 2.45) is 17.8 Å². The number of carbonyl (C=O) groups is 2.